The molecule has 1 aliphatic rings. The molecule has 0 spiro atoms. The summed E-state index contributed by atoms with van der Waals surface area (Å²) in [7, 11) is 1.86. The van der Waals surface area contributed by atoms with Crippen LogP contribution in [0.2, 0.25) is 0 Å². The topological polar surface area (TPSA) is 23.6 Å². The van der Waals surface area contributed by atoms with Crippen molar-refractivity contribution in [2.24, 2.45) is 0 Å². The Morgan fingerprint density at radius 2 is 1.71 bits per heavy atom. The highest BCUT2D eigenvalue weighted by Gasteiger charge is 2.33. The summed E-state index contributed by atoms with van der Waals surface area (Å²) in [4.78, 5) is 16.7. The minimum atomic E-state index is 0.130. The zero-order valence-electron chi connectivity index (χ0n) is 14.6. The van der Waals surface area contributed by atoms with Crippen molar-refractivity contribution in [2.45, 2.75) is 25.2 Å². The van der Waals surface area contributed by atoms with Crippen LogP contribution in [0.1, 0.15) is 25.3 Å². The van der Waals surface area contributed by atoms with Crippen LogP contribution in [0, 0.1) is 0 Å². The first-order chi connectivity index (χ1) is 11.6. The Labute approximate surface area is 144 Å². The van der Waals surface area contributed by atoms with Crippen molar-refractivity contribution in [1.29, 1.82) is 0 Å². The summed E-state index contributed by atoms with van der Waals surface area (Å²) in [6, 6.07) is 20.5. The number of amides is 1. The van der Waals surface area contributed by atoms with E-state index in [-0.39, 0.29) is 11.3 Å². The molecule has 0 bridgehead atoms. The summed E-state index contributed by atoms with van der Waals surface area (Å²) < 4.78 is 0. The Morgan fingerprint density at radius 3 is 2.38 bits per heavy atom. The fraction of sp³-hybridized carbons (Fsp3) is 0.381. The molecule has 1 atom stereocenters. The molecule has 2 aromatic rings. The molecule has 0 radical (unpaired) electrons. The minimum absolute atomic E-state index is 0.130. The van der Waals surface area contributed by atoms with Crippen LogP contribution in [0.15, 0.2) is 60.7 Å². The molecule has 0 aliphatic carbocycles. The van der Waals surface area contributed by atoms with Crippen LogP contribution in [-0.2, 0) is 10.2 Å². The molecule has 1 heterocycles. The fourth-order valence-electron chi connectivity index (χ4n) is 3.65. The quantitative estimate of drug-likeness (QED) is 0.857. The first kappa shape index (κ1) is 16.7. The van der Waals surface area contributed by atoms with Gasteiger partial charge in [0.15, 0.2) is 0 Å². The number of likely N-dealkylation sites (tertiary alicyclic amines) is 1. The summed E-state index contributed by atoms with van der Waals surface area (Å²) in [6.45, 7) is 4.73. The SMILES string of the molecule is CN(C(=O)CN1CCC[C@](C)(c2ccccc2)C1)c1ccccc1. The van der Waals surface area contributed by atoms with Crippen molar-refractivity contribution in [2.75, 3.05) is 31.6 Å². The van der Waals surface area contributed by atoms with Gasteiger partial charge in [-0.25, -0.2) is 0 Å². The van der Waals surface area contributed by atoms with Crippen LogP contribution in [-0.4, -0.2) is 37.5 Å². The van der Waals surface area contributed by atoms with Gasteiger partial charge in [0, 0.05) is 24.7 Å². The normalized spacial score (nSPS) is 21.4. The van der Waals surface area contributed by atoms with Crippen LogP contribution in [0.4, 0.5) is 5.69 Å². The van der Waals surface area contributed by atoms with Crippen LogP contribution in [0.3, 0.4) is 0 Å². The predicted molar refractivity (Wildman–Crippen MR) is 99.3 cm³/mol. The van der Waals surface area contributed by atoms with Crippen LogP contribution in [0.5, 0.6) is 0 Å². The van der Waals surface area contributed by atoms with Gasteiger partial charge < -0.3 is 4.90 Å². The Morgan fingerprint density at radius 1 is 1.08 bits per heavy atom. The third-order valence-corrected chi connectivity index (χ3v) is 5.12. The summed E-state index contributed by atoms with van der Waals surface area (Å²) in [5.41, 5.74) is 2.45. The van der Waals surface area contributed by atoms with E-state index in [4.69, 9.17) is 0 Å². The van der Waals surface area contributed by atoms with Gasteiger partial charge in [0.1, 0.15) is 0 Å². The van der Waals surface area contributed by atoms with Crippen LogP contribution in [0.25, 0.3) is 0 Å². The number of nitrogens with zero attached hydrogens (tertiary/aromatic N) is 2. The number of carbonyl (C=O) groups is 1. The van der Waals surface area contributed by atoms with Gasteiger partial charge in [-0.2, -0.15) is 0 Å². The molecule has 0 saturated carbocycles. The van der Waals surface area contributed by atoms with E-state index >= 15 is 0 Å². The number of hydrogen-bond donors (Lipinski definition) is 0. The van der Waals surface area contributed by atoms with Gasteiger partial charge >= 0.3 is 0 Å². The molecular formula is C21H26N2O. The average molecular weight is 322 g/mol. The Balaban J connectivity index is 1.66. The van der Waals surface area contributed by atoms with Crippen molar-refractivity contribution >= 4 is 11.6 Å². The monoisotopic (exact) mass is 322 g/mol. The molecule has 2 aromatic carbocycles. The average Bonchev–Trinajstić information content (AvgIpc) is 2.62. The minimum Gasteiger partial charge on any atom is -0.314 e. The lowest BCUT2D eigenvalue weighted by molar-refractivity contribution is -0.119. The van der Waals surface area contributed by atoms with E-state index in [0.29, 0.717) is 6.54 Å². The van der Waals surface area contributed by atoms with Crippen molar-refractivity contribution in [3.63, 3.8) is 0 Å². The van der Waals surface area contributed by atoms with Gasteiger partial charge in [-0.05, 0) is 37.1 Å². The summed E-state index contributed by atoms with van der Waals surface area (Å²) in [5, 5.41) is 0. The van der Waals surface area contributed by atoms with Crippen molar-refractivity contribution in [3.05, 3.63) is 66.2 Å². The molecule has 126 valence electrons. The van der Waals surface area contributed by atoms with E-state index in [2.05, 4.69) is 42.2 Å². The lowest BCUT2D eigenvalue weighted by atomic mass is 9.76. The smallest absolute Gasteiger partial charge is 0.240 e. The molecule has 0 unspecified atom stereocenters. The highest BCUT2D eigenvalue weighted by Crippen LogP contribution is 2.33. The number of para-hydroxylation sites is 1. The lowest BCUT2D eigenvalue weighted by Gasteiger charge is -2.41. The third kappa shape index (κ3) is 3.68. The fourth-order valence-corrected chi connectivity index (χ4v) is 3.65. The Bertz CT molecular complexity index is 671. The van der Waals surface area contributed by atoms with Gasteiger partial charge in [0.05, 0.1) is 6.54 Å². The Hall–Kier alpha value is -2.13. The summed E-state index contributed by atoms with van der Waals surface area (Å²) in [5.74, 6) is 0.151. The molecule has 0 aromatic heterocycles. The van der Waals surface area contributed by atoms with Gasteiger partial charge in [-0.1, -0.05) is 55.5 Å². The number of carbonyl (C=O) groups excluding carboxylic acids is 1. The van der Waals surface area contributed by atoms with Crippen LogP contribution >= 0.6 is 0 Å². The van der Waals surface area contributed by atoms with E-state index in [9.17, 15) is 4.79 Å². The van der Waals surface area contributed by atoms with E-state index in [1.165, 1.54) is 12.0 Å². The number of rotatable bonds is 4. The lowest BCUT2D eigenvalue weighted by Crippen LogP contribution is -2.48. The highest BCUT2D eigenvalue weighted by atomic mass is 16.2. The van der Waals surface area contributed by atoms with E-state index < -0.39 is 0 Å². The second-order valence-corrected chi connectivity index (χ2v) is 7.03. The summed E-state index contributed by atoms with van der Waals surface area (Å²) >= 11 is 0. The maximum atomic E-state index is 12.6. The first-order valence-corrected chi connectivity index (χ1v) is 8.68. The van der Waals surface area contributed by atoms with E-state index in [1.54, 1.807) is 4.90 Å². The summed E-state index contributed by atoms with van der Waals surface area (Å²) in [6.07, 6.45) is 2.31. The molecule has 3 rings (SSSR count). The number of anilines is 1. The maximum Gasteiger partial charge on any atom is 0.240 e. The highest BCUT2D eigenvalue weighted by molar-refractivity contribution is 5.94. The number of benzene rings is 2. The molecule has 3 nitrogen and oxygen atoms in total. The van der Waals surface area contributed by atoms with Crippen LogP contribution < -0.4 is 4.90 Å². The molecule has 3 heteroatoms. The van der Waals surface area contributed by atoms with Crippen molar-refractivity contribution < 1.29 is 4.79 Å². The number of likely N-dealkylation sites (N-methyl/N-ethyl adjacent to an activating group) is 1. The third-order valence-electron chi connectivity index (χ3n) is 5.12. The van der Waals surface area contributed by atoms with Gasteiger partial charge in [-0.15, -0.1) is 0 Å². The van der Waals surface area contributed by atoms with Gasteiger partial charge in [-0.3, -0.25) is 9.69 Å². The van der Waals surface area contributed by atoms with Gasteiger partial charge in [0.2, 0.25) is 5.91 Å². The second kappa shape index (κ2) is 7.18. The molecular weight excluding hydrogens is 296 g/mol. The van der Waals surface area contributed by atoms with Crippen molar-refractivity contribution in [3.8, 4) is 0 Å². The number of hydrogen-bond acceptors (Lipinski definition) is 2. The number of piperidine rings is 1. The molecule has 24 heavy (non-hydrogen) atoms. The molecule has 1 saturated heterocycles. The van der Waals surface area contributed by atoms with Crippen molar-refractivity contribution in [1.82, 2.24) is 4.90 Å². The Kier molecular flexibility index (Phi) is 5.00. The molecule has 1 aliphatic heterocycles. The molecule has 1 fully saturated rings. The predicted octanol–water partition coefficient (Wildman–Crippen LogP) is 3.70. The zero-order valence-corrected chi connectivity index (χ0v) is 14.6. The van der Waals surface area contributed by atoms with E-state index in [0.717, 1.165) is 25.2 Å². The maximum absolute atomic E-state index is 12.6. The van der Waals surface area contributed by atoms with E-state index in [1.807, 2.05) is 37.4 Å². The standard InChI is InChI=1S/C21H26N2O/c1-21(18-10-5-3-6-11-18)14-9-15-23(17-21)16-20(24)22(2)19-12-7-4-8-13-19/h3-8,10-13H,9,14-17H2,1-2H3/t21-/m0/s1. The second-order valence-electron chi connectivity index (χ2n) is 7.03. The van der Waals surface area contributed by atoms with Gasteiger partial charge in [0.25, 0.3) is 0 Å². The first-order valence-electron chi connectivity index (χ1n) is 8.68. The molecule has 0 N–H and O–H groups in total. The zero-order chi connectivity index (χ0) is 17.0. The largest absolute Gasteiger partial charge is 0.314 e. The molecule has 1 amide bonds.